The van der Waals surface area contributed by atoms with Gasteiger partial charge in [0.1, 0.15) is 0 Å². The molecule has 1 aliphatic heterocycles. The van der Waals surface area contributed by atoms with Crippen molar-refractivity contribution in [2.75, 3.05) is 13.1 Å². The number of nitrogens with one attached hydrogen (secondary N) is 2. The Hall–Kier alpha value is -1.26. The first-order chi connectivity index (χ1) is 10.6. The standard InChI is InChI=1S/C17H31N3O2/c1-3-16(21)20-10-9-15(12-20)19-17(22)18-13(2)11-14-7-5-4-6-8-14/h13-15H,3-12H2,1-2H3,(H2,18,19,22)/t13-,15?/m1/s1. The van der Waals surface area contributed by atoms with Crippen LogP contribution in [0.15, 0.2) is 0 Å². The van der Waals surface area contributed by atoms with E-state index in [0.717, 1.165) is 25.3 Å². The SMILES string of the molecule is CCC(=O)N1CCC(NC(=O)N[C@H](C)CC2CCCCC2)C1. The molecule has 0 aromatic heterocycles. The summed E-state index contributed by atoms with van der Waals surface area (Å²) in [5, 5.41) is 6.07. The van der Waals surface area contributed by atoms with E-state index in [-0.39, 0.29) is 24.0 Å². The first-order valence-corrected chi connectivity index (χ1v) is 8.93. The molecule has 1 saturated heterocycles. The predicted octanol–water partition coefficient (Wildman–Crippen LogP) is 2.66. The van der Waals surface area contributed by atoms with Crippen molar-refractivity contribution in [3.05, 3.63) is 0 Å². The summed E-state index contributed by atoms with van der Waals surface area (Å²) < 4.78 is 0. The van der Waals surface area contributed by atoms with Crippen LogP contribution in [0.5, 0.6) is 0 Å². The van der Waals surface area contributed by atoms with Gasteiger partial charge < -0.3 is 15.5 Å². The van der Waals surface area contributed by atoms with Gasteiger partial charge in [-0.3, -0.25) is 4.79 Å². The minimum absolute atomic E-state index is 0.0842. The van der Waals surface area contributed by atoms with Crippen molar-refractivity contribution in [1.82, 2.24) is 15.5 Å². The quantitative estimate of drug-likeness (QED) is 0.820. The highest BCUT2D eigenvalue weighted by molar-refractivity contribution is 5.77. The van der Waals surface area contributed by atoms with Crippen molar-refractivity contribution in [2.24, 2.45) is 5.92 Å². The van der Waals surface area contributed by atoms with Crippen molar-refractivity contribution in [2.45, 2.75) is 77.3 Å². The Bertz CT molecular complexity index is 380. The third-order valence-corrected chi connectivity index (χ3v) is 4.97. The maximum atomic E-state index is 12.1. The minimum atomic E-state index is -0.0842. The zero-order chi connectivity index (χ0) is 15.9. The van der Waals surface area contributed by atoms with Crippen LogP contribution in [0.25, 0.3) is 0 Å². The lowest BCUT2D eigenvalue weighted by atomic mass is 9.85. The maximum absolute atomic E-state index is 12.1. The Morgan fingerprint density at radius 1 is 1.18 bits per heavy atom. The van der Waals surface area contributed by atoms with E-state index < -0.39 is 0 Å². The first-order valence-electron chi connectivity index (χ1n) is 8.93. The van der Waals surface area contributed by atoms with E-state index in [2.05, 4.69) is 17.6 Å². The molecular weight excluding hydrogens is 278 g/mol. The number of carbonyl (C=O) groups excluding carboxylic acids is 2. The Morgan fingerprint density at radius 3 is 2.59 bits per heavy atom. The van der Waals surface area contributed by atoms with Gasteiger partial charge in [-0.05, 0) is 25.7 Å². The largest absolute Gasteiger partial charge is 0.341 e. The van der Waals surface area contributed by atoms with Crippen LogP contribution in [0, 0.1) is 5.92 Å². The molecule has 1 aliphatic carbocycles. The molecule has 2 fully saturated rings. The second-order valence-electron chi connectivity index (χ2n) is 6.94. The van der Waals surface area contributed by atoms with Crippen LogP contribution in [-0.2, 0) is 4.79 Å². The molecule has 2 rings (SSSR count). The highest BCUT2D eigenvalue weighted by Gasteiger charge is 2.26. The molecule has 0 aromatic rings. The van der Waals surface area contributed by atoms with E-state index in [1.807, 2.05) is 11.8 Å². The third-order valence-electron chi connectivity index (χ3n) is 4.97. The van der Waals surface area contributed by atoms with E-state index in [0.29, 0.717) is 13.0 Å². The molecule has 0 radical (unpaired) electrons. The molecule has 0 bridgehead atoms. The fourth-order valence-corrected chi connectivity index (χ4v) is 3.76. The number of urea groups is 1. The number of rotatable bonds is 5. The van der Waals surface area contributed by atoms with Gasteiger partial charge in [0.2, 0.25) is 5.91 Å². The molecule has 2 atom stereocenters. The summed E-state index contributed by atoms with van der Waals surface area (Å²) in [6.07, 6.45) is 9.15. The fraction of sp³-hybridized carbons (Fsp3) is 0.882. The van der Waals surface area contributed by atoms with Crippen LogP contribution in [-0.4, -0.2) is 42.0 Å². The molecule has 2 N–H and O–H groups in total. The number of likely N-dealkylation sites (tertiary alicyclic amines) is 1. The maximum Gasteiger partial charge on any atom is 0.315 e. The van der Waals surface area contributed by atoms with Gasteiger partial charge in [0.15, 0.2) is 0 Å². The average Bonchev–Trinajstić information content (AvgIpc) is 2.95. The van der Waals surface area contributed by atoms with Crippen LogP contribution < -0.4 is 10.6 Å². The monoisotopic (exact) mass is 309 g/mol. The van der Waals surface area contributed by atoms with E-state index >= 15 is 0 Å². The molecule has 1 saturated carbocycles. The van der Waals surface area contributed by atoms with Crippen molar-refractivity contribution < 1.29 is 9.59 Å². The van der Waals surface area contributed by atoms with Crippen LogP contribution in [0.3, 0.4) is 0 Å². The lowest BCUT2D eigenvalue weighted by Crippen LogP contribution is -2.47. The molecule has 2 aliphatic rings. The number of amides is 3. The molecule has 0 aromatic carbocycles. The number of hydrogen-bond acceptors (Lipinski definition) is 2. The highest BCUT2D eigenvalue weighted by atomic mass is 16.2. The van der Waals surface area contributed by atoms with Crippen LogP contribution in [0.1, 0.15) is 65.2 Å². The normalized spacial score (nSPS) is 24.1. The van der Waals surface area contributed by atoms with Gasteiger partial charge in [-0.2, -0.15) is 0 Å². The summed E-state index contributed by atoms with van der Waals surface area (Å²) in [7, 11) is 0. The lowest BCUT2D eigenvalue weighted by molar-refractivity contribution is -0.129. The van der Waals surface area contributed by atoms with E-state index in [9.17, 15) is 9.59 Å². The van der Waals surface area contributed by atoms with Crippen molar-refractivity contribution in [3.63, 3.8) is 0 Å². The van der Waals surface area contributed by atoms with Crippen LogP contribution in [0.4, 0.5) is 4.79 Å². The summed E-state index contributed by atoms with van der Waals surface area (Å²) in [4.78, 5) is 25.6. The second-order valence-corrected chi connectivity index (χ2v) is 6.94. The molecule has 1 heterocycles. The molecule has 126 valence electrons. The zero-order valence-corrected chi connectivity index (χ0v) is 14.1. The van der Waals surface area contributed by atoms with E-state index in [1.165, 1.54) is 32.1 Å². The highest BCUT2D eigenvalue weighted by Crippen LogP contribution is 2.27. The molecule has 3 amide bonds. The number of hydrogen-bond donors (Lipinski definition) is 2. The smallest absolute Gasteiger partial charge is 0.315 e. The summed E-state index contributed by atoms with van der Waals surface area (Å²) in [5.74, 6) is 0.948. The van der Waals surface area contributed by atoms with E-state index in [4.69, 9.17) is 0 Å². The summed E-state index contributed by atoms with van der Waals surface area (Å²) in [5.41, 5.74) is 0. The van der Waals surface area contributed by atoms with Crippen LogP contribution in [0.2, 0.25) is 0 Å². The minimum Gasteiger partial charge on any atom is -0.341 e. The number of nitrogens with zero attached hydrogens (tertiary/aromatic N) is 1. The Balaban J connectivity index is 1.66. The lowest BCUT2D eigenvalue weighted by Gasteiger charge is -2.25. The van der Waals surface area contributed by atoms with Crippen LogP contribution >= 0.6 is 0 Å². The molecule has 5 nitrogen and oxygen atoms in total. The Morgan fingerprint density at radius 2 is 1.91 bits per heavy atom. The van der Waals surface area contributed by atoms with Gasteiger partial charge in [0.25, 0.3) is 0 Å². The van der Waals surface area contributed by atoms with Crippen molar-refractivity contribution >= 4 is 11.9 Å². The third kappa shape index (κ3) is 5.18. The van der Waals surface area contributed by atoms with Gasteiger partial charge in [0.05, 0.1) is 0 Å². The average molecular weight is 309 g/mol. The van der Waals surface area contributed by atoms with Crippen molar-refractivity contribution in [1.29, 1.82) is 0 Å². The van der Waals surface area contributed by atoms with Gasteiger partial charge in [-0.25, -0.2) is 4.79 Å². The van der Waals surface area contributed by atoms with Gasteiger partial charge in [0, 0.05) is 31.6 Å². The Kier molecular flexibility index (Phi) is 6.52. The molecule has 5 heteroatoms. The summed E-state index contributed by atoms with van der Waals surface area (Å²) >= 11 is 0. The number of carbonyl (C=O) groups is 2. The van der Waals surface area contributed by atoms with E-state index in [1.54, 1.807) is 0 Å². The summed E-state index contributed by atoms with van der Waals surface area (Å²) in [6, 6.07) is 0.231. The Labute approximate surface area is 134 Å². The topological polar surface area (TPSA) is 61.4 Å². The second kappa shape index (κ2) is 8.39. The van der Waals surface area contributed by atoms with Crippen molar-refractivity contribution in [3.8, 4) is 0 Å². The fourth-order valence-electron chi connectivity index (χ4n) is 3.76. The van der Waals surface area contributed by atoms with Gasteiger partial charge in [-0.1, -0.05) is 39.0 Å². The zero-order valence-electron chi connectivity index (χ0n) is 14.1. The van der Waals surface area contributed by atoms with Gasteiger partial charge in [-0.15, -0.1) is 0 Å². The molecule has 22 heavy (non-hydrogen) atoms. The predicted molar refractivity (Wildman–Crippen MR) is 87.6 cm³/mol. The summed E-state index contributed by atoms with van der Waals surface area (Å²) in [6.45, 7) is 5.38. The molecule has 0 spiro atoms. The first kappa shape index (κ1) is 17.1. The molecular formula is C17H31N3O2. The van der Waals surface area contributed by atoms with Gasteiger partial charge >= 0.3 is 6.03 Å². The molecule has 1 unspecified atom stereocenters.